The van der Waals surface area contributed by atoms with Gasteiger partial charge in [0, 0.05) is 58.3 Å². The number of nitrogens with one attached hydrogen (secondary N) is 2. The third-order valence-corrected chi connectivity index (χ3v) is 9.86. The summed E-state index contributed by atoms with van der Waals surface area (Å²) in [6, 6.07) is 26.6. The summed E-state index contributed by atoms with van der Waals surface area (Å²) in [5, 5.41) is 5.09. The highest BCUT2D eigenvalue weighted by atomic mass is 35.5. The fraction of sp³-hybridized carbons (Fsp3) is 0.231. The smallest absolute Gasteiger partial charge is 0.272 e. The maximum Gasteiger partial charge on any atom is 0.272 e. The van der Waals surface area contributed by atoms with Gasteiger partial charge in [-0.2, -0.15) is 0 Å². The van der Waals surface area contributed by atoms with Crippen LogP contribution in [0.3, 0.4) is 0 Å². The lowest BCUT2D eigenvalue weighted by Gasteiger charge is -2.31. The molecule has 2 N–H and O–H groups in total. The number of halogens is 2. The number of piperidine rings is 1. The summed E-state index contributed by atoms with van der Waals surface area (Å²) in [5.41, 5.74) is 5.65. The molecule has 4 heterocycles. The molecular formula is C39H36Cl2N6O3. The molecule has 9 nitrogen and oxygen atoms in total. The van der Waals surface area contributed by atoms with Crippen LogP contribution in [0.15, 0.2) is 97.5 Å². The number of imidazole rings is 1. The zero-order valence-electron chi connectivity index (χ0n) is 27.7. The predicted molar refractivity (Wildman–Crippen MR) is 198 cm³/mol. The zero-order valence-corrected chi connectivity index (χ0v) is 29.2. The number of hydrogen-bond donors (Lipinski definition) is 2. The molecule has 0 radical (unpaired) electrons. The molecule has 1 fully saturated rings. The van der Waals surface area contributed by atoms with Crippen LogP contribution in [0.25, 0.3) is 33.4 Å². The van der Waals surface area contributed by atoms with Crippen LogP contribution in [0.5, 0.6) is 5.88 Å². The van der Waals surface area contributed by atoms with E-state index >= 15 is 0 Å². The second-order valence-electron chi connectivity index (χ2n) is 12.6. The summed E-state index contributed by atoms with van der Waals surface area (Å²) in [6.45, 7) is 5.55. The molecule has 50 heavy (non-hydrogen) atoms. The number of fused-ring (bicyclic) bond motifs is 1. The van der Waals surface area contributed by atoms with Crippen molar-refractivity contribution in [3.63, 3.8) is 0 Å². The first-order valence-corrected chi connectivity index (χ1v) is 17.4. The summed E-state index contributed by atoms with van der Waals surface area (Å²) < 4.78 is 8.28. The Labute approximate surface area is 300 Å². The van der Waals surface area contributed by atoms with Crippen molar-refractivity contribution in [2.75, 3.05) is 25.0 Å². The minimum absolute atomic E-state index is 0.0936. The average Bonchev–Trinajstić information content (AvgIpc) is 3.73. The summed E-state index contributed by atoms with van der Waals surface area (Å²) in [4.78, 5) is 40.8. The van der Waals surface area contributed by atoms with E-state index in [1.807, 2.05) is 84.0 Å². The van der Waals surface area contributed by atoms with Gasteiger partial charge in [0.05, 0.1) is 30.4 Å². The lowest BCUT2D eigenvalue weighted by atomic mass is 9.98. The second kappa shape index (κ2) is 14.4. The maximum absolute atomic E-state index is 14.4. The van der Waals surface area contributed by atoms with E-state index in [0.717, 1.165) is 40.7 Å². The van der Waals surface area contributed by atoms with Gasteiger partial charge < -0.3 is 24.5 Å². The molecule has 0 saturated carbocycles. The first-order chi connectivity index (χ1) is 24.3. The topological polar surface area (TPSA) is 105 Å². The summed E-state index contributed by atoms with van der Waals surface area (Å²) >= 11 is 12.7. The number of H-pyrrole nitrogens is 1. The molecule has 0 aliphatic carbocycles. The Morgan fingerprint density at radius 1 is 0.960 bits per heavy atom. The van der Waals surface area contributed by atoms with Crippen molar-refractivity contribution in [3.05, 3.63) is 119 Å². The highest BCUT2D eigenvalue weighted by molar-refractivity contribution is 6.31. The predicted octanol–water partition coefficient (Wildman–Crippen LogP) is 8.90. The van der Waals surface area contributed by atoms with Gasteiger partial charge in [0.25, 0.3) is 5.91 Å². The van der Waals surface area contributed by atoms with Gasteiger partial charge in [-0.3, -0.25) is 9.59 Å². The Balaban J connectivity index is 1.28. The average molecular weight is 708 g/mol. The quantitative estimate of drug-likeness (QED) is 0.156. The van der Waals surface area contributed by atoms with E-state index < -0.39 is 0 Å². The van der Waals surface area contributed by atoms with Crippen LogP contribution in [0.4, 0.5) is 5.69 Å². The van der Waals surface area contributed by atoms with Gasteiger partial charge in [0.1, 0.15) is 11.4 Å². The Bertz CT molecular complexity index is 2150. The van der Waals surface area contributed by atoms with Crippen LogP contribution in [0, 0.1) is 5.92 Å². The number of benzene rings is 3. The lowest BCUT2D eigenvalue weighted by molar-refractivity contribution is -0.130. The van der Waals surface area contributed by atoms with Crippen molar-refractivity contribution < 1.29 is 14.3 Å². The number of nitrogens with zero attached hydrogens (tertiary/aromatic N) is 4. The molecule has 3 aromatic carbocycles. The first-order valence-electron chi connectivity index (χ1n) is 16.6. The Morgan fingerprint density at radius 2 is 1.70 bits per heavy atom. The fourth-order valence-electron chi connectivity index (χ4n) is 6.59. The minimum Gasteiger partial charge on any atom is -0.476 e. The molecule has 3 aromatic heterocycles. The molecule has 1 aliphatic heterocycles. The number of pyridine rings is 1. The number of likely N-dealkylation sites (tertiary alicyclic amines) is 1. The molecule has 1 saturated heterocycles. The lowest BCUT2D eigenvalue weighted by Crippen LogP contribution is -2.38. The molecule has 1 atom stereocenters. The molecule has 7 rings (SSSR count). The Hall–Kier alpha value is -5.12. The van der Waals surface area contributed by atoms with E-state index in [-0.39, 0.29) is 23.8 Å². The van der Waals surface area contributed by atoms with E-state index in [0.29, 0.717) is 58.1 Å². The molecule has 11 heteroatoms. The number of aromatic nitrogens is 4. The minimum atomic E-state index is -0.370. The molecular weight excluding hydrogens is 671 g/mol. The van der Waals surface area contributed by atoms with Crippen LogP contribution in [0.1, 0.15) is 48.8 Å². The van der Waals surface area contributed by atoms with Gasteiger partial charge in [-0.15, -0.1) is 0 Å². The maximum atomic E-state index is 14.4. The van der Waals surface area contributed by atoms with E-state index in [4.69, 9.17) is 32.9 Å². The van der Waals surface area contributed by atoms with E-state index in [1.54, 1.807) is 25.3 Å². The van der Waals surface area contributed by atoms with Crippen molar-refractivity contribution in [2.45, 2.75) is 32.7 Å². The highest BCUT2D eigenvalue weighted by Crippen LogP contribution is 2.41. The van der Waals surface area contributed by atoms with E-state index in [2.05, 4.69) is 26.8 Å². The molecule has 1 aliphatic rings. The van der Waals surface area contributed by atoms with Crippen molar-refractivity contribution in [2.24, 2.45) is 5.92 Å². The molecule has 6 aromatic rings. The van der Waals surface area contributed by atoms with Gasteiger partial charge in [-0.25, -0.2) is 9.97 Å². The standard InChI is InChI=1S/C39H36Cl2N6O3/c1-24(27-10-12-29(40)13-11-27)47-23-43-35(28-7-4-3-5-8-28)37(47)34-31-15-14-30(41)21-33(31)44-36(34)38(49)45-32-9-6-18-42-39(32)50-22-26-16-19-46(20-17-26)25(2)48/h3-15,18,21,23-24,26,44H,16-17,19-20,22H2,1-2H3,(H,45,49)/t24-/m0/s1. The largest absolute Gasteiger partial charge is 0.476 e. The SMILES string of the molecule is CC(=O)N1CCC(COc2ncccc2NC(=O)c2[nH]c3cc(Cl)ccc3c2-c2c(-c3ccccc3)ncn2[C@@H](C)c2ccc(Cl)cc2)CC1. The Morgan fingerprint density at radius 3 is 2.44 bits per heavy atom. The first kappa shape index (κ1) is 33.4. The van der Waals surface area contributed by atoms with Crippen LogP contribution in [-0.2, 0) is 4.79 Å². The number of ether oxygens (including phenoxy) is 1. The molecule has 0 unspecified atom stereocenters. The van der Waals surface area contributed by atoms with Crippen molar-refractivity contribution in [1.29, 1.82) is 0 Å². The number of amides is 2. The second-order valence-corrected chi connectivity index (χ2v) is 13.5. The monoisotopic (exact) mass is 706 g/mol. The van der Waals surface area contributed by atoms with Gasteiger partial charge in [0.15, 0.2) is 0 Å². The van der Waals surface area contributed by atoms with Gasteiger partial charge in [0.2, 0.25) is 11.8 Å². The van der Waals surface area contributed by atoms with Crippen molar-refractivity contribution in [1.82, 2.24) is 24.4 Å². The number of hydrogen-bond acceptors (Lipinski definition) is 5. The number of aromatic amines is 1. The summed E-state index contributed by atoms with van der Waals surface area (Å²) in [5.74, 6) is 0.337. The van der Waals surface area contributed by atoms with E-state index in [1.165, 1.54) is 0 Å². The summed E-state index contributed by atoms with van der Waals surface area (Å²) in [7, 11) is 0. The van der Waals surface area contributed by atoms with Crippen molar-refractivity contribution >= 4 is 51.6 Å². The van der Waals surface area contributed by atoms with Gasteiger partial charge in [-0.05, 0) is 67.6 Å². The fourth-order valence-corrected chi connectivity index (χ4v) is 6.89. The number of rotatable bonds is 9. The highest BCUT2D eigenvalue weighted by Gasteiger charge is 2.28. The van der Waals surface area contributed by atoms with Gasteiger partial charge in [-0.1, -0.05) is 71.7 Å². The third kappa shape index (κ3) is 6.84. The molecule has 0 spiro atoms. The summed E-state index contributed by atoms with van der Waals surface area (Å²) in [6.07, 6.45) is 5.16. The molecule has 2 amide bonds. The van der Waals surface area contributed by atoms with Crippen LogP contribution in [-0.4, -0.2) is 55.9 Å². The van der Waals surface area contributed by atoms with Crippen LogP contribution >= 0.6 is 23.2 Å². The van der Waals surface area contributed by atoms with Crippen LogP contribution < -0.4 is 10.1 Å². The zero-order chi connectivity index (χ0) is 34.8. The third-order valence-electron chi connectivity index (χ3n) is 9.37. The van der Waals surface area contributed by atoms with E-state index in [9.17, 15) is 9.59 Å². The van der Waals surface area contributed by atoms with Gasteiger partial charge >= 0.3 is 0 Å². The number of anilines is 1. The Kier molecular flexibility index (Phi) is 9.61. The molecule has 254 valence electrons. The number of carbonyl (C=O) groups is 2. The van der Waals surface area contributed by atoms with Crippen molar-refractivity contribution in [3.8, 4) is 28.4 Å². The normalized spacial score (nSPS) is 14.1. The number of carbonyl (C=O) groups excluding carboxylic acids is 2. The van der Waals surface area contributed by atoms with Crippen LogP contribution in [0.2, 0.25) is 10.0 Å². The molecule has 0 bridgehead atoms.